The fourth-order valence-corrected chi connectivity index (χ4v) is 2.72. The fourth-order valence-electron chi connectivity index (χ4n) is 1.65. The number of nitrogens with one attached hydrogen (secondary N) is 1. The van der Waals surface area contributed by atoms with Gasteiger partial charge in [-0.15, -0.1) is 0 Å². The van der Waals surface area contributed by atoms with Gasteiger partial charge in [-0.3, -0.25) is 4.72 Å². The molecule has 108 valence electrons. The van der Waals surface area contributed by atoms with E-state index in [1.165, 1.54) is 37.3 Å². The average Bonchev–Trinajstić information content (AvgIpc) is 2.48. The summed E-state index contributed by atoms with van der Waals surface area (Å²) in [6.07, 6.45) is 0. The molecular weight excluding hydrogens is 298 g/mol. The number of nitriles is 1. The quantitative estimate of drug-likeness (QED) is 0.947. The number of halogens is 2. The molecule has 21 heavy (non-hydrogen) atoms. The van der Waals surface area contributed by atoms with Gasteiger partial charge in [0.15, 0.2) is 5.82 Å². The Balaban J connectivity index is 2.42. The number of hydrogen-bond acceptors (Lipinski definition) is 3. The molecule has 0 unspecified atom stereocenters. The van der Waals surface area contributed by atoms with Crippen LogP contribution >= 0.6 is 0 Å². The second kappa shape index (κ2) is 5.50. The Kier molecular flexibility index (Phi) is 3.91. The van der Waals surface area contributed by atoms with Crippen molar-refractivity contribution in [3.63, 3.8) is 0 Å². The highest BCUT2D eigenvalue weighted by atomic mass is 32.2. The third-order valence-electron chi connectivity index (χ3n) is 2.81. The van der Waals surface area contributed by atoms with Crippen LogP contribution < -0.4 is 4.72 Å². The molecule has 0 heterocycles. The van der Waals surface area contributed by atoms with E-state index in [-0.39, 0.29) is 16.0 Å². The maximum atomic E-state index is 13.8. The van der Waals surface area contributed by atoms with Crippen LogP contribution in [0.15, 0.2) is 41.3 Å². The normalized spacial score (nSPS) is 11.0. The van der Waals surface area contributed by atoms with Crippen molar-refractivity contribution in [1.29, 1.82) is 5.26 Å². The van der Waals surface area contributed by atoms with E-state index in [1.807, 2.05) is 10.8 Å². The van der Waals surface area contributed by atoms with E-state index in [4.69, 9.17) is 5.26 Å². The molecule has 0 amide bonds. The van der Waals surface area contributed by atoms with Gasteiger partial charge in [0.2, 0.25) is 0 Å². The summed E-state index contributed by atoms with van der Waals surface area (Å²) in [6.45, 7) is 1.40. The molecule has 0 bridgehead atoms. The van der Waals surface area contributed by atoms with Crippen LogP contribution in [0.4, 0.5) is 14.5 Å². The van der Waals surface area contributed by atoms with Crippen LogP contribution in [0, 0.1) is 29.9 Å². The molecule has 0 aliphatic heterocycles. The Hall–Kier alpha value is -2.46. The SMILES string of the molecule is Cc1ccc(F)c(NS(=O)(=O)c2ccc(C#N)cc2)c1F. The van der Waals surface area contributed by atoms with E-state index >= 15 is 0 Å². The lowest BCUT2D eigenvalue weighted by Crippen LogP contribution is -2.15. The van der Waals surface area contributed by atoms with Gasteiger partial charge in [-0.25, -0.2) is 17.2 Å². The monoisotopic (exact) mass is 308 g/mol. The fraction of sp³-hybridized carbons (Fsp3) is 0.0714. The molecular formula is C14H10F2N2O2S. The number of benzene rings is 2. The van der Waals surface area contributed by atoms with Gasteiger partial charge in [0.05, 0.1) is 16.5 Å². The standard InChI is InChI=1S/C14H10F2N2O2S/c1-9-2-7-12(15)14(13(9)16)18-21(19,20)11-5-3-10(8-17)4-6-11/h2-7,18H,1H3. The Morgan fingerprint density at radius 2 is 1.71 bits per heavy atom. The summed E-state index contributed by atoms with van der Waals surface area (Å²) < 4.78 is 53.5. The minimum absolute atomic E-state index is 0.119. The number of nitrogens with zero attached hydrogens (tertiary/aromatic N) is 1. The predicted octanol–water partition coefficient (Wildman–Crippen LogP) is 2.95. The Morgan fingerprint density at radius 1 is 1.10 bits per heavy atom. The lowest BCUT2D eigenvalue weighted by atomic mass is 10.2. The van der Waals surface area contributed by atoms with E-state index in [9.17, 15) is 17.2 Å². The van der Waals surface area contributed by atoms with E-state index in [2.05, 4.69) is 0 Å². The van der Waals surface area contributed by atoms with E-state index in [1.54, 1.807) is 0 Å². The molecule has 0 saturated carbocycles. The van der Waals surface area contributed by atoms with Gasteiger partial charge in [0.1, 0.15) is 11.5 Å². The average molecular weight is 308 g/mol. The van der Waals surface area contributed by atoms with Crippen molar-refractivity contribution in [1.82, 2.24) is 0 Å². The maximum Gasteiger partial charge on any atom is 0.262 e. The van der Waals surface area contributed by atoms with Crippen molar-refractivity contribution >= 4 is 15.7 Å². The van der Waals surface area contributed by atoms with Gasteiger partial charge in [0, 0.05) is 0 Å². The lowest BCUT2D eigenvalue weighted by Gasteiger charge is -2.11. The second-order valence-electron chi connectivity index (χ2n) is 4.29. The Labute approximate surface area is 120 Å². The summed E-state index contributed by atoms with van der Waals surface area (Å²) in [6, 6.07) is 9.02. The number of hydrogen-bond donors (Lipinski definition) is 1. The largest absolute Gasteiger partial charge is 0.274 e. The Morgan fingerprint density at radius 3 is 2.29 bits per heavy atom. The summed E-state index contributed by atoms with van der Waals surface area (Å²) in [7, 11) is -4.14. The highest BCUT2D eigenvalue weighted by Gasteiger charge is 2.20. The summed E-state index contributed by atoms with van der Waals surface area (Å²) in [4.78, 5) is -0.193. The molecule has 0 aliphatic rings. The number of sulfonamides is 1. The summed E-state index contributed by atoms with van der Waals surface area (Å²) >= 11 is 0. The van der Waals surface area contributed by atoms with Gasteiger partial charge in [-0.05, 0) is 42.8 Å². The minimum Gasteiger partial charge on any atom is -0.274 e. The third-order valence-corrected chi connectivity index (χ3v) is 4.18. The topological polar surface area (TPSA) is 70.0 Å². The van der Waals surface area contributed by atoms with E-state index in [0.29, 0.717) is 0 Å². The molecule has 0 radical (unpaired) electrons. The van der Waals surface area contributed by atoms with Gasteiger partial charge in [-0.2, -0.15) is 5.26 Å². The van der Waals surface area contributed by atoms with Crippen LogP contribution in [0.5, 0.6) is 0 Å². The van der Waals surface area contributed by atoms with Crippen molar-refractivity contribution in [3.05, 3.63) is 59.2 Å². The first-order valence-corrected chi connectivity index (χ1v) is 7.31. The van der Waals surface area contributed by atoms with Crippen LogP contribution in [0.25, 0.3) is 0 Å². The zero-order valence-corrected chi connectivity index (χ0v) is 11.7. The van der Waals surface area contributed by atoms with Crippen LogP contribution in [-0.2, 0) is 10.0 Å². The van der Waals surface area contributed by atoms with Gasteiger partial charge >= 0.3 is 0 Å². The summed E-state index contributed by atoms with van der Waals surface area (Å²) in [5.74, 6) is -1.97. The highest BCUT2D eigenvalue weighted by Crippen LogP contribution is 2.24. The predicted molar refractivity (Wildman–Crippen MR) is 73.1 cm³/mol. The van der Waals surface area contributed by atoms with Crippen molar-refractivity contribution < 1.29 is 17.2 Å². The molecule has 0 spiro atoms. The molecule has 4 nitrogen and oxygen atoms in total. The molecule has 2 rings (SSSR count). The van der Waals surface area contributed by atoms with Crippen LogP contribution in [0.1, 0.15) is 11.1 Å². The summed E-state index contributed by atoms with van der Waals surface area (Å²) in [5, 5.41) is 8.66. The first kappa shape index (κ1) is 14.9. The number of rotatable bonds is 3. The minimum atomic E-state index is -4.14. The molecule has 2 aromatic carbocycles. The third kappa shape index (κ3) is 3.01. The smallest absolute Gasteiger partial charge is 0.262 e. The van der Waals surface area contributed by atoms with Crippen LogP contribution in [0.3, 0.4) is 0 Å². The van der Waals surface area contributed by atoms with Crippen molar-refractivity contribution in [2.45, 2.75) is 11.8 Å². The number of anilines is 1. The Bertz CT molecular complexity index is 825. The first-order chi connectivity index (χ1) is 9.85. The zero-order chi connectivity index (χ0) is 15.6. The van der Waals surface area contributed by atoms with Gasteiger partial charge in [0.25, 0.3) is 10.0 Å². The van der Waals surface area contributed by atoms with Crippen molar-refractivity contribution in [3.8, 4) is 6.07 Å². The zero-order valence-electron chi connectivity index (χ0n) is 10.9. The molecule has 1 N–H and O–H groups in total. The van der Waals surface area contributed by atoms with Crippen LogP contribution in [0.2, 0.25) is 0 Å². The molecule has 0 aromatic heterocycles. The molecule has 2 aromatic rings. The lowest BCUT2D eigenvalue weighted by molar-refractivity contribution is 0.579. The van der Waals surface area contributed by atoms with E-state index < -0.39 is 27.3 Å². The maximum absolute atomic E-state index is 13.8. The van der Waals surface area contributed by atoms with Crippen LogP contribution in [-0.4, -0.2) is 8.42 Å². The molecule has 0 saturated heterocycles. The van der Waals surface area contributed by atoms with E-state index in [0.717, 1.165) is 6.07 Å². The number of aryl methyl sites for hydroxylation is 1. The van der Waals surface area contributed by atoms with Gasteiger partial charge in [-0.1, -0.05) is 6.07 Å². The molecule has 7 heteroatoms. The van der Waals surface area contributed by atoms with Crippen molar-refractivity contribution in [2.24, 2.45) is 0 Å². The second-order valence-corrected chi connectivity index (χ2v) is 5.98. The van der Waals surface area contributed by atoms with Crippen molar-refractivity contribution in [2.75, 3.05) is 4.72 Å². The van der Waals surface area contributed by atoms with Gasteiger partial charge < -0.3 is 0 Å². The highest BCUT2D eigenvalue weighted by molar-refractivity contribution is 7.92. The first-order valence-electron chi connectivity index (χ1n) is 5.83. The molecule has 0 atom stereocenters. The molecule has 0 fully saturated rings. The summed E-state index contributed by atoms with van der Waals surface area (Å²) in [5.41, 5.74) is -0.324. The molecule has 0 aliphatic carbocycles.